The summed E-state index contributed by atoms with van der Waals surface area (Å²) in [6.45, 7) is 0. The molecule has 4 nitrogen and oxygen atoms in total. The summed E-state index contributed by atoms with van der Waals surface area (Å²) < 4.78 is 0. The molecule has 0 aliphatic carbocycles. The first-order chi connectivity index (χ1) is 18.8. The van der Waals surface area contributed by atoms with E-state index in [1.165, 1.54) is 11.1 Å². The summed E-state index contributed by atoms with van der Waals surface area (Å²) in [4.78, 5) is 17.6. The average molecular weight is 683 g/mol. The molecule has 6 rings (SSSR count). The molecule has 0 N–H and O–H groups in total. The predicted molar refractivity (Wildman–Crippen MR) is 165 cm³/mol. The Morgan fingerprint density at radius 3 is 1.28 bits per heavy atom. The molecule has 0 saturated heterocycles. The van der Waals surface area contributed by atoms with E-state index < -0.39 is 0 Å². The summed E-state index contributed by atoms with van der Waals surface area (Å²) in [5.74, 6) is 0. The molecule has 0 bridgehead atoms. The first-order valence-corrected chi connectivity index (χ1v) is 14.4. The second-order valence-electron chi connectivity index (χ2n) is 8.50. The zero-order valence-corrected chi connectivity index (χ0v) is 25.0. The van der Waals surface area contributed by atoms with E-state index in [0.29, 0.717) is 0 Å². The Kier molecular flexibility index (Phi) is 10.5. The molecule has 0 amide bonds. The van der Waals surface area contributed by atoms with Crippen LogP contribution < -0.4 is 9.97 Å². The minimum atomic E-state index is 0. The van der Waals surface area contributed by atoms with Gasteiger partial charge in [-0.25, -0.2) is 0 Å². The van der Waals surface area contributed by atoms with Crippen LogP contribution in [0.4, 0.5) is 0 Å². The van der Waals surface area contributed by atoms with Crippen LogP contribution in [0.1, 0.15) is 33.6 Å². The molecule has 2 aromatic heterocycles. The van der Waals surface area contributed by atoms with Crippen molar-refractivity contribution in [2.24, 2.45) is 9.98 Å². The third kappa shape index (κ3) is 7.04. The Morgan fingerprint density at radius 2 is 1.00 bits per heavy atom. The fourth-order valence-corrected chi connectivity index (χ4v) is 4.92. The van der Waals surface area contributed by atoms with Crippen molar-refractivity contribution in [2.45, 2.75) is 10.7 Å². The number of rotatable bonds is 6. The number of aliphatic imine (C=N–C) groups is 2. The second kappa shape index (κ2) is 14.2. The van der Waals surface area contributed by atoms with Crippen molar-refractivity contribution in [3.05, 3.63) is 155 Å². The summed E-state index contributed by atoms with van der Waals surface area (Å²) >= 11 is 6.93. The summed E-state index contributed by atoms with van der Waals surface area (Å²) in [7, 11) is 0. The van der Waals surface area contributed by atoms with Gasteiger partial charge < -0.3 is 9.97 Å². The maximum absolute atomic E-state index is 4.41. The fraction of sp³-hybridized carbons (Fsp3) is 0.0625. The van der Waals surface area contributed by atoms with Crippen molar-refractivity contribution in [3.8, 4) is 0 Å². The largest absolute Gasteiger partial charge is 2.00 e. The molecule has 39 heavy (non-hydrogen) atoms. The van der Waals surface area contributed by atoms with Gasteiger partial charge in [-0.3, -0.25) is 9.98 Å². The Balaban J connectivity index is 0.000000176. The van der Waals surface area contributed by atoms with Crippen molar-refractivity contribution in [3.63, 3.8) is 0 Å². The van der Waals surface area contributed by atoms with Gasteiger partial charge in [0.2, 0.25) is 0 Å². The van der Waals surface area contributed by atoms with Crippen LogP contribution in [0.3, 0.4) is 0 Å². The maximum Gasteiger partial charge on any atom is 2.00 e. The maximum atomic E-state index is 4.41. The molecule has 196 valence electrons. The molecule has 2 aliphatic heterocycles. The number of hydrogen-bond donors (Lipinski definition) is 0. The minimum Gasteiger partial charge on any atom is -0.664 e. The van der Waals surface area contributed by atoms with Gasteiger partial charge in [-0.2, -0.15) is 12.4 Å². The van der Waals surface area contributed by atoms with Crippen molar-refractivity contribution in [1.82, 2.24) is 9.97 Å². The Morgan fingerprint density at radius 1 is 0.590 bits per heavy atom. The zero-order chi connectivity index (χ0) is 26.2. The van der Waals surface area contributed by atoms with Gasteiger partial charge in [-0.1, -0.05) is 105 Å². The van der Waals surface area contributed by atoms with E-state index in [0.717, 1.165) is 55.7 Å². The minimum absolute atomic E-state index is 0. The molecule has 0 radical (unpaired) electrons. The van der Waals surface area contributed by atoms with Gasteiger partial charge in [-0.15, -0.1) is 11.4 Å². The summed E-state index contributed by atoms with van der Waals surface area (Å²) in [6, 6.07) is 24.9. The van der Waals surface area contributed by atoms with Gasteiger partial charge >= 0.3 is 16.5 Å². The number of alkyl halides is 2. The van der Waals surface area contributed by atoms with Crippen molar-refractivity contribution in [2.75, 3.05) is 0 Å². The van der Waals surface area contributed by atoms with E-state index in [1.807, 2.05) is 73.4 Å². The van der Waals surface area contributed by atoms with Crippen LogP contribution in [0.2, 0.25) is 0 Å². The molecular weight excluding hydrogens is 659 g/mol. The standard InChI is InChI=1S/2C16H12BrN2.Ni/c2*17-11-12-5-7-13(8-6-12)16(14-3-1-9-18-14)15-4-2-10-19-15;/h2*1-10H,11H2;/q2*-1;+2/b2*16-14-;. The summed E-state index contributed by atoms with van der Waals surface area (Å²) in [5, 5.41) is 1.73. The third-order valence-corrected chi connectivity index (χ3v) is 7.33. The van der Waals surface area contributed by atoms with Gasteiger partial charge in [0.1, 0.15) is 0 Å². The molecule has 7 heteroatoms. The van der Waals surface area contributed by atoms with E-state index in [9.17, 15) is 0 Å². The normalized spacial score (nSPS) is 15.6. The zero-order valence-electron chi connectivity index (χ0n) is 20.8. The number of nitrogens with zero attached hydrogens (tertiary/aromatic N) is 4. The first-order valence-electron chi connectivity index (χ1n) is 12.1. The van der Waals surface area contributed by atoms with Crippen LogP contribution in [0.15, 0.2) is 131 Å². The number of allylic oxidation sites excluding steroid dienone is 4. The smallest absolute Gasteiger partial charge is 0.664 e. The van der Waals surface area contributed by atoms with Crippen LogP contribution in [0.5, 0.6) is 0 Å². The molecule has 4 heterocycles. The van der Waals surface area contributed by atoms with Crippen molar-refractivity contribution in [1.29, 1.82) is 0 Å². The number of halogens is 2. The SMILES string of the molecule is BrCc1ccc(/C(=C2\C=CC=N2)c2ccc[n-]2)cc1.BrCc1ccc(/C(=C2\C=CC=N2)c2ccc[n-]2)cc1.[Ni+2]. The Bertz CT molecular complexity index is 1390. The van der Waals surface area contributed by atoms with Gasteiger partial charge in [0, 0.05) is 23.1 Å². The van der Waals surface area contributed by atoms with Crippen LogP contribution in [-0.4, -0.2) is 12.4 Å². The van der Waals surface area contributed by atoms with E-state index >= 15 is 0 Å². The molecule has 0 spiro atoms. The van der Waals surface area contributed by atoms with Crippen molar-refractivity contribution < 1.29 is 16.5 Å². The van der Waals surface area contributed by atoms with Crippen LogP contribution in [0.25, 0.3) is 11.1 Å². The van der Waals surface area contributed by atoms with Gasteiger partial charge in [-0.05, 0) is 57.7 Å². The molecule has 0 saturated carbocycles. The molecule has 2 aliphatic rings. The van der Waals surface area contributed by atoms with E-state index in [1.54, 1.807) is 0 Å². The van der Waals surface area contributed by atoms with Crippen LogP contribution in [0, 0.1) is 0 Å². The Hall–Kier alpha value is -3.25. The van der Waals surface area contributed by atoms with Crippen LogP contribution >= 0.6 is 31.9 Å². The second-order valence-corrected chi connectivity index (χ2v) is 9.62. The van der Waals surface area contributed by atoms with Crippen molar-refractivity contribution >= 4 is 55.4 Å². The average Bonchev–Trinajstić information content (AvgIpc) is 3.79. The quantitative estimate of drug-likeness (QED) is 0.154. The van der Waals surface area contributed by atoms with E-state index in [4.69, 9.17) is 0 Å². The number of aromatic nitrogens is 2. The third-order valence-electron chi connectivity index (χ3n) is 6.03. The van der Waals surface area contributed by atoms with Gasteiger partial charge in [0.15, 0.2) is 0 Å². The molecule has 0 atom stereocenters. The fourth-order valence-electron chi connectivity index (χ4n) is 4.17. The topological polar surface area (TPSA) is 52.9 Å². The monoisotopic (exact) mass is 680 g/mol. The van der Waals surface area contributed by atoms with Gasteiger partial charge in [0.05, 0.1) is 11.4 Å². The molecule has 4 aromatic rings. The molecule has 0 fully saturated rings. The Labute approximate surface area is 255 Å². The number of benzene rings is 2. The van der Waals surface area contributed by atoms with E-state index in [-0.39, 0.29) is 16.5 Å². The number of hydrogen-bond acceptors (Lipinski definition) is 2. The van der Waals surface area contributed by atoms with Gasteiger partial charge in [0.25, 0.3) is 0 Å². The van der Waals surface area contributed by atoms with E-state index in [2.05, 4.69) is 100 Å². The predicted octanol–water partition coefficient (Wildman–Crippen LogP) is 7.87. The summed E-state index contributed by atoms with van der Waals surface area (Å²) in [6.07, 6.45) is 15.2. The first kappa shape index (κ1) is 28.8. The molecule has 0 unspecified atom stereocenters. The molecule has 2 aromatic carbocycles. The molecular formula is C32H24Br2N4Ni. The summed E-state index contributed by atoms with van der Waals surface area (Å²) in [5.41, 5.74) is 10.8. The van der Waals surface area contributed by atoms with Crippen LogP contribution in [-0.2, 0) is 27.2 Å².